The number of aryl methyl sites for hydroxylation is 1. The fraction of sp³-hybridized carbons (Fsp3) is 0.174. The first-order chi connectivity index (χ1) is 14.4. The lowest BCUT2D eigenvalue weighted by Gasteiger charge is -2.16. The number of nitrogens with one attached hydrogen (secondary N) is 1. The highest BCUT2D eigenvalue weighted by Crippen LogP contribution is 2.38. The Labute approximate surface area is 194 Å². The highest BCUT2D eigenvalue weighted by Gasteiger charge is 2.17. The van der Waals surface area contributed by atoms with E-state index in [-0.39, 0.29) is 10.9 Å². The number of amides is 1. The van der Waals surface area contributed by atoms with E-state index in [2.05, 4.69) is 21.2 Å². The van der Waals surface area contributed by atoms with Crippen LogP contribution in [0.4, 0.5) is 5.69 Å². The smallest absolute Gasteiger partial charge is 0.255 e. The fourth-order valence-corrected chi connectivity index (χ4v) is 3.64. The van der Waals surface area contributed by atoms with Crippen molar-refractivity contribution in [2.45, 2.75) is 20.5 Å². The number of hydrogen-bond donors (Lipinski definition) is 1. The lowest BCUT2D eigenvalue weighted by molar-refractivity contribution is 0.102. The Kier molecular flexibility index (Phi) is 7.64. The zero-order valence-corrected chi connectivity index (χ0v) is 19.6. The van der Waals surface area contributed by atoms with Gasteiger partial charge in [0.15, 0.2) is 11.5 Å². The van der Waals surface area contributed by atoms with Gasteiger partial charge in [-0.2, -0.15) is 0 Å². The molecule has 30 heavy (non-hydrogen) atoms. The Morgan fingerprint density at radius 1 is 1.07 bits per heavy atom. The number of carbonyl (C=O) groups excluding carboxylic acids is 1. The normalized spacial score (nSPS) is 10.6. The molecule has 7 heteroatoms. The summed E-state index contributed by atoms with van der Waals surface area (Å²) in [5.41, 5.74) is 3.05. The van der Waals surface area contributed by atoms with E-state index in [0.29, 0.717) is 45.5 Å². The molecule has 0 unspecified atom stereocenters. The van der Waals surface area contributed by atoms with Crippen molar-refractivity contribution in [3.05, 3.63) is 85.8 Å². The molecule has 3 aromatic carbocycles. The molecule has 156 valence electrons. The average Bonchev–Trinajstić information content (AvgIpc) is 2.72. The van der Waals surface area contributed by atoms with Gasteiger partial charge in [-0.3, -0.25) is 4.79 Å². The molecule has 0 aliphatic heterocycles. The second kappa shape index (κ2) is 10.2. The SMILES string of the molecule is CCOc1cc(C(=O)Nc2cccc(Cl)c2Cl)cc(Br)c1OCc1ccc(C)cc1. The summed E-state index contributed by atoms with van der Waals surface area (Å²) in [6.07, 6.45) is 0. The first-order valence-corrected chi connectivity index (χ1v) is 10.8. The first kappa shape index (κ1) is 22.5. The number of hydrogen-bond acceptors (Lipinski definition) is 3. The van der Waals surface area contributed by atoms with Crippen LogP contribution in [0.2, 0.25) is 10.0 Å². The van der Waals surface area contributed by atoms with Crippen LogP contribution in [0.3, 0.4) is 0 Å². The summed E-state index contributed by atoms with van der Waals surface area (Å²) < 4.78 is 12.3. The lowest BCUT2D eigenvalue weighted by atomic mass is 10.1. The molecule has 0 saturated carbocycles. The predicted molar refractivity (Wildman–Crippen MR) is 125 cm³/mol. The zero-order chi connectivity index (χ0) is 21.7. The standard InChI is InChI=1S/C23H20BrCl2NO3/c1-3-29-20-12-16(23(28)27-19-6-4-5-18(25)21(19)26)11-17(24)22(20)30-13-15-9-7-14(2)8-10-15/h4-12H,3,13H2,1-2H3,(H,27,28). The summed E-state index contributed by atoms with van der Waals surface area (Å²) in [5.74, 6) is 0.669. The van der Waals surface area contributed by atoms with Gasteiger partial charge >= 0.3 is 0 Å². The highest BCUT2D eigenvalue weighted by molar-refractivity contribution is 9.10. The maximum Gasteiger partial charge on any atom is 0.255 e. The quantitative estimate of drug-likeness (QED) is 0.364. The van der Waals surface area contributed by atoms with Crippen LogP contribution >= 0.6 is 39.1 Å². The molecule has 0 atom stereocenters. The van der Waals surface area contributed by atoms with Gasteiger partial charge in [0.1, 0.15) is 6.61 Å². The molecule has 0 spiro atoms. The van der Waals surface area contributed by atoms with Crippen LogP contribution in [-0.2, 0) is 6.61 Å². The van der Waals surface area contributed by atoms with Crippen molar-refractivity contribution < 1.29 is 14.3 Å². The van der Waals surface area contributed by atoms with Gasteiger partial charge in [-0.15, -0.1) is 0 Å². The summed E-state index contributed by atoms with van der Waals surface area (Å²) >= 11 is 15.7. The van der Waals surface area contributed by atoms with E-state index in [1.165, 1.54) is 5.56 Å². The lowest BCUT2D eigenvalue weighted by Crippen LogP contribution is -2.13. The summed E-state index contributed by atoms with van der Waals surface area (Å²) in [7, 11) is 0. The summed E-state index contributed by atoms with van der Waals surface area (Å²) in [4.78, 5) is 12.8. The molecule has 1 amide bonds. The first-order valence-electron chi connectivity index (χ1n) is 9.29. The molecule has 1 N–H and O–H groups in total. The number of benzene rings is 3. The van der Waals surface area contributed by atoms with Crippen molar-refractivity contribution in [2.75, 3.05) is 11.9 Å². The van der Waals surface area contributed by atoms with Crippen molar-refractivity contribution in [1.82, 2.24) is 0 Å². The zero-order valence-electron chi connectivity index (χ0n) is 16.5. The molecule has 0 aliphatic rings. The average molecular weight is 509 g/mol. The minimum Gasteiger partial charge on any atom is -0.490 e. The van der Waals surface area contributed by atoms with Crippen molar-refractivity contribution in [3.63, 3.8) is 0 Å². The van der Waals surface area contributed by atoms with Crippen molar-refractivity contribution in [2.24, 2.45) is 0 Å². The molecular formula is C23H20BrCl2NO3. The third-order valence-electron chi connectivity index (χ3n) is 4.28. The van der Waals surface area contributed by atoms with Crippen LogP contribution in [0.15, 0.2) is 59.1 Å². The third-order valence-corrected chi connectivity index (χ3v) is 5.68. The number of anilines is 1. The topological polar surface area (TPSA) is 47.6 Å². The van der Waals surface area contributed by atoms with Crippen LogP contribution in [0.5, 0.6) is 11.5 Å². The maximum absolute atomic E-state index is 12.8. The van der Waals surface area contributed by atoms with E-state index in [1.807, 2.05) is 38.1 Å². The molecular weight excluding hydrogens is 489 g/mol. The highest BCUT2D eigenvalue weighted by atomic mass is 79.9. The van der Waals surface area contributed by atoms with Crippen molar-refractivity contribution >= 4 is 50.7 Å². The van der Waals surface area contributed by atoms with Crippen LogP contribution < -0.4 is 14.8 Å². The molecule has 0 aromatic heterocycles. The van der Waals surface area contributed by atoms with Crippen molar-refractivity contribution in [1.29, 1.82) is 0 Å². The van der Waals surface area contributed by atoms with Gasteiger partial charge in [-0.25, -0.2) is 0 Å². The Balaban J connectivity index is 1.83. The van der Waals surface area contributed by atoms with Crippen LogP contribution in [0.1, 0.15) is 28.4 Å². The monoisotopic (exact) mass is 507 g/mol. The minimum atomic E-state index is -0.342. The second-order valence-electron chi connectivity index (χ2n) is 6.55. The summed E-state index contributed by atoms with van der Waals surface area (Å²) in [6.45, 7) is 4.71. The maximum atomic E-state index is 12.8. The van der Waals surface area contributed by atoms with Gasteiger partial charge in [0, 0.05) is 5.56 Å². The minimum absolute atomic E-state index is 0.287. The number of halogens is 3. The molecule has 3 aromatic rings. The van der Waals surface area contributed by atoms with Crippen LogP contribution in [-0.4, -0.2) is 12.5 Å². The second-order valence-corrected chi connectivity index (χ2v) is 8.19. The van der Waals surface area contributed by atoms with Crippen LogP contribution in [0.25, 0.3) is 0 Å². The third kappa shape index (κ3) is 5.48. The van der Waals surface area contributed by atoms with Gasteiger partial charge in [-0.1, -0.05) is 59.1 Å². The molecule has 0 aliphatic carbocycles. The summed E-state index contributed by atoms with van der Waals surface area (Å²) in [5, 5.41) is 3.43. The molecule has 0 fully saturated rings. The number of ether oxygens (including phenoxy) is 2. The van der Waals surface area contributed by atoms with Crippen LogP contribution in [0, 0.1) is 6.92 Å². The predicted octanol–water partition coefficient (Wildman–Crippen LogP) is 7.29. The van der Waals surface area contributed by atoms with Crippen molar-refractivity contribution in [3.8, 4) is 11.5 Å². The van der Waals surface area contributed by atoms with E-state index >= 15 is 0 Å². The van der Waals surface area contributed by atoms with Gasteiger partial charge < -0.3 is 14.8 Å². The molecule has 3 rings (SSSR count). The number of rotatable bonds is 7. The van der Waals surface area contributed by atoms with Gasteiger partial charge in [0.25, 0.3) is 5.91 Å². The fourth-order valence-electron chi connectivity index (χ4n) is 2.74. The van der Waals surface area contributed by atoms with E-state index in [9.17, 15) is 4.79 Å². The Bertz CT molecular complexity index is 1060. The molecule has 0 radical (unpaired) electrons. The molecule has 0 bridgehead atoms. The molecule has 0 heterocycles. The van der Waals surface area contributed by atoms with Gasteiger partial charge in [-0.05, 0) is 59.6 Å². The van der Waals surface area contributed by atoms with Gasteiger partial charge in [0.2, 0.25) is 0 Å². The molecule has 4 nitrogen and oxygen atoms in total. The van der Waals surface area contributed by atoms with Gasteiger partial charge in [0.05, 0.1) is 26.8 Å². The van der Waals surface area contributed by atoms with E-state index < -0.39 is 0 Å². The van der Waals surface area contributed by atoms with E-state index in [4.69, 9.17) is 32.7 Å². The number of carbonyl (C=O) groups is 1. The van der Waals surface area contributed by atoms with E-state index in [1.54, 1.807) is 30.3 Å². The Hall–Kier alpha value is -2.21. The Morgan fingerprint density at radius 2 is 1.80 bits per heavy atom. The largest absolute Gasteiger partial charge is 0.490 e. The van der Waals surface area contributed by atoms with E-state index in [0.717, 1.165) is 5.56 Å². The summed E-state index contributed by atoms with van der Waals surface area (Å²) in [6, 6.07) is 16.5. The molecule has 0 saturated heterocycles. The Morgan fingerprint density at radius 3 is 2.50 bits per heavy atom.